The SMILES string of the molecule is CCC(COC)NC(C)c1ccc(OC)c(OC)c1. The molecule has 19 heavy (non-hydrogen) atoms. The summed E-state index contributed by atoms with van der Waals surface area (Å²) in [6.45, 7) is 5.01. The summed E-state index contributed by atoms with van der Waals surface area (Å²) in [5.41, 5.74) is 1.17. The molecule has 0 radical (unpaired) electrons. The summed E-state index contributed by atoms with van der Waals surface area (Å²) in [5, 5.41) is 3.55. The van der Waals surface area contributed by atoms with Gasteiger partial charge in [0.15, 0.2) is 11.5 Å². The highest BCUT2D eigenvalue weighted by Gasteiger charge is 2.13. The van der Waals surface area contributed by atoms with E-state index in [9.17, 15) is 0 Å². The van der Waals surface area contributed by atoms with E-state index in [4.69, 9.17) is 14.2 Å². The standard InChI is InChI=1S/C15H25NO3/c1-6-13(10-17-3)16-11(2)12-7-8-14(18-4)15(9-12)19-5/h7-9,11,13,16H,6,10H2,1-5H3. The summed E-state index contributed by atoms with van der Waals surface area (Å²) in [6, 6.07) is 6.59. The van der Waals surface area contributed by atoms with Crippen LogP contribution in [-0.4, -0.2) is 34.0 Å². The first kappa shape index (κ1) is 15.8. The monoisotopic (exact) mass is 267 g/mol. The van der Waals surface area contributed by atoms with E-state index in [-0.39, 0.29) is 6.04 Å². The molecule has 4 heteroatoms. The first-order chi connectivity index (χ1) is 9.15. The van der Waals surface area contributed by atoms with E-state index in [1.165, 1.54) is 5.56 Å². The zero-order valence-electron chi connectivity index (χ0n) is 12.5. The van der Waals surface area contributed by atoms with Crippen LogP contribution < -0.4 is 14.8 Å². The minimum absolute atomic E-state index is 0.236. The highest BCUT2D eigenvalue weighted by molar-refractivity contribution is 5.43. The van der Waals surface area contributed by atoms with Crippen LogP contribution in [0, 0.1) is 0 Å². The molecular formula is C15H25NO3. The molecule has 0 spiro atoms. The van der Waals surface area contributed by atoms with Crippen LogP contribution in [0.2, 0.25) is 0 Å². The van der Waals surface area contributed by atoms with Crippen LogP contribution in [0.15, 0.2) is 18.2 Å². The Kier molecular flexibility index (Phi) is 6.67. The molecule has 0 saturated heterocycles. The number of hydrogen-bond acceptors (Lipinski definition) is 4. The van der Waals surface area contributed by atoms with Crippen molar-refractivity contribution >= 4 is 0 Å². The van der Waals surface area contributed by atoms with Gasteiger partial charge < -0.3 is 19.5 Å². The van der Waals surface area contributed by atoms with Crippen molar-refractivity contribution in [2.24, 2.45) is 0 Å². The maximum absolute atomic E-state index is 5.33. The van der Waals surface area contributed by atoms with Crippen LogP contribution in [0.1, 0.15) is 31.9 Å². The van der Waals surface area contributed by atoms with Crippen LogP contribution in [0.25, 0.3) is 0 Å². The minimum atomic E-state index is 0.236. The summed E-state index contributed by atoms with van der Waals surface area (Å²) in [4.78, 5) is 0. The van der Waals surface area contributed by atoms with Gasteiger partial charge in [-0.3, -0.25) is 0 Å². The number of rotatable bonds is 8. The Balaban J connectivity index is 2.78. The second-order valence-electron chi connectivity index (χ2n) is 4.56. The third kappa shape index (κ3) is 4.40. The summed E-state index contributed by atoms with van der Waals surface area (Å²) in [6.07, 6.45) is 1.03. The van der Waals surface area contributed by atoms with Gasteiger partial charge in [0.2, 0.25) is 0 Å². The number of hydrogen-bond donors (Lipinski definition) is 1. The molecule has 1 aromatic carbocycles. The highest BCUT2D eigenvalue weighted by Crippen LogP contribution is 2.30. The van der Waals surface area contributed by atoms with Gasteiger partial charge in [-0.2, -0.15) is 0 Å². The molecule has 1 aromatic rings. The number of ether oxygens (including phenoxy) is 3. The molecule has 1 rings (SSSR count). The Labute approximate surface area is 116 Å². The molecule has 0 saturated carbocycles. The van der Waals surface area contributed by atoms with E-state index in [2.05, 4.69) is 25.2 Å². The van der Waals surface area contributed by atoms with Crippen LogP contribution in [-0.2, 0) is 4.74 Å². The van der Waals surface area contributed by atoms with Crippen molar-refractivity contribution in [2.45, 2.75) is 32.4 Å². The van der Waals surface area contributed by atoms with Gasteiger partial charge in [-0.25, -0.2) is 0 Å². The van der Waals surface area contributed by atoms with Gasteiger partial charge in [-0.15, -0.1) is 0 Å². The maximum atomic E-state index is 5.33. The zero-order chi connectivity index (χ0) is 14.3. The number of methoxy groups -OCH3 is 3. The van der Waals surface area contributed by atoms with Crippen LogP contribution in [0.3, 0.4) is 0 Å². The molecule has 0 bridgehead atoms. The lowest BCUT2D eigenvalue weighted by Gasteiger charge is -2.22. The first-order valence-corrected chi connectivity index (χ1v) is 6.63. The molecule has 4 nitrogen and oxygen atoms in total. The second kappa shape index (κ2) is 8.02. The van der Waals surface area contributed by atoms with Crippen molar-refractivity contribution in [3.05, 3.63) is 23.8 Å². The predicted octanol–water partition coefficient (Wildman–Crippen LogP) is 2.78. The van der Waals surface area contributed by atoms with E-state index in [0.717, 1.165) is 17.9 Å². The molecule has 0 aliphatic carbocycles. The lowest BCUT2D eigenvalue weighted by Crippen LogP contribution is -2.34. The van der Waals surface area contributed by atoms with Crippen molar-refractivity contribution in [1.82, 2.24) is 5.32 Å². The van der Waals surface area contributed by atoms with Gasteiger partial charge in [0, 0.05) is 19.2 Å². The Hall–Kier alpha value is -1.26. The zero-order valence-corrected chi connectivity index (χ0v) is 12.5. The Morgan fingerprint density at radius 3 is 2.32 bits per heavy atom. The molecule has 2 atom stereocenters. The Bertz CT molecular complexity index is 382. The maximum Gasteiger partial charge on any atom is 0.161 e. The van der Waals surface area contributed by atoms with Gasteiger partial charge in [-0.05, 0) is 31.0 Å². The lowest BCUT2D eigenvalue weighted by atomic mass is 10.1. The third-order valence-corrected chi connectivity index (χ3v) is 3.25. The van der Waals surface area contributed by atoms with Crippen molar-refractivity contribution in [3.8, 4) is 11.5 Å². The predicted molar refractivity (Wildman–Crippen MR) is 77.1 cm³/mol. The number of nitrogens with one attached hydrogen (secondary N) is 1. The van der Waals surface area contributed by atoms with E-state index < -0.39 is 0 Å². The fourth-order valence-corrected chi connectivity index (χ4v) is 2.06. The molecule has 0 heterocycles. The fourth-order valence-electron chi connectivity index (χ4n) is 2.06. The molecule has 108 valence electrons. The van der Waals surface area contributed by atoms with Gasteiger partial charge >= 0.3 is 0 Å². The van der Waals surface area contributed by atoms with Crippen LogP contribution in [0.4, 0.5) is 0 Å². The van der Waals surface area contributed by atoms with Crippen molar-refractivity contribution in [2.75, 3.05) is 27.9 Å². The van der Waals surface area contributed by atoms with Crippen molar-refractivity contribution in [3.63, 3.8) is 0 Å². The summed E-state index contributed by atoms with van der Waals surface area (Å²) >= 11 is 0. The average Bonchev–Trinajstić information content (AvgIpc) is 2.45. The first-order valence-electron chi connectivity index (χ1n) is 6.63. The molecule has 0 amide bonds. The van der Waals surface area contributed by atoms with E-state index in [1.807, 2.05) is 12.1 Å². The number of benzene rings is 1. The van der Waals surface area contributed by atoms with Gasteiger partial charge in [0.25, 0.3) is 0 Å². The van der Waals surface area contributed by atoms with E-state index in [1.54, 1.807) is 21.3 Å². The summed E-state index contributed by atoms with van der Waals surface area (Å²) in [5.74, 6) is 1.51. The average molecular weight is 267 g/mol. The topological polar surface area (TPSA) is 39.7 Å². The van der Waals surface area contributed by atoms with Crippen molar-refractivity contribution < 1.29 is 14.2 Å². The fraction of sp³-hybridized carbons (Fsp3) is 0.600. The largest absolute Gasteiger partial charge is 0.493 e. The van der Waals surface area contributed by atoms with Crippen LogP contribution >= 0.6 is 0 Å². The molecule has 0 fully saturated rings. The van der Waals surface area contributed by atoms with E-state index >= 15 is 0 Å². The van der Waals surface area contributed by atoms with Gasteiger partial charge in [-0.1, -0.05) is 13.0 Å². The minimum Gasteiger partial charge on any atom is -0.493 e. The molecule has 0 aliphatic rings. The Morgan fingerprint density at radius 2 is 1.79 bits per heavy atom. The molecule has 0 aromatic heterocycles. The van der Waals surface area contributed by atoms with Gasteiger partial charge in [0.1, 0.15) is 0 Å². The molecule has 2 unspecified atom stereocenters. The summed E-state index contributed by atoms with van der Waals surface area (Å²) in [7, 11) is 5.02. The molecule has 1 N–H and O–H groups in total. The lowest BCUT2D eigenvalue weighted by molar-refractivity contribution is 0.159. The summed E-state index contributed by atoms with van der Waals surface area (Å²) < 4.78 is 15.8. The highest BCUT2D eigenvalue weighted by atomic mass is 16.5. The molecular weight excluding hydrogens is 242 g/mol. The quantitative estimate of drug-likeness (QED) is 0.786. The second-order valence-corrected chi connectivity index (χ2v) is 4.56. The van der Waals surface area contributed by atoms with Crippen LogP contribution in [0.5, 0.6) is 11.5 Å². The van der Waals surface area contributed by atoms with E-state index in [0.29, 0.717) is 12.6 Å². The Morgan fingerprint density at radius 1 is 1.11 bits per heavy atom. The van der Waals surface area contributed by atoms with Gasteiger partial charge in [0.05, 0.1) is 20.8 Å². The normalized spacial score (nSPS) is 13.9. The third-order valence-electron chi connectivity index (χ3n) is 3.25. The smallest absolute Gasteiger partial charge is 0.161 e. The molecule has 0 aliphatic heterocycles. The van der Waals surface area contributed by atoms with Crippen molar-refractivity contribution in [1.29, 1.82) is 0 Å².